The number of rotatable bonds is 9. The zero-order chi connectivity index (χ0) is 17.4. The molecule has 0 aliphatic heterocycles. The summed E-state index contributed by atoms with van der Waals surface area (Å²) in [6.45, 7) is 22.2. The van der Waals surface area contributed by atoms with Crippen molar-refractivity contribution in [3.63, 3.8) is 0 Å². The van der Waals surface area contributed by atoms with E-state index in [1.54, 1.807) is 0 Å². The molecule has 0 aliphatic rings. The van der Waals surface area contributed by atoms with Crippen LogP contribution in [0.25, 0.3) is 0 Å². The van der Waals surface area contributed by atoms with E-state index in [1.165, 1.54) is 17.6 Å². The third kappa shape index (κ3) is 7.45. The fourth-order valence-corrected chi connectivity index (χ4v) is 2.55. The van der Waals surface area contributed by atoms with Crippen LogP contribution in [0.5, 0.6) is 0 Å². The molecule has 0 radical (unpaired) electrons. The summed E-state index contributed by atoms with van der Waals surface area (Å²) in [6.07, 6.45) is 5.66. The second kappa shape index (κ2) is 10.0. The first-order chi connectivity index (χ1) is 10.1. The summed E-state index contributed by atoms with van der Waals surface area (Å²) in [5.74, 6) is 2.57. The Morgan fingerprint density at radius 1 is 0.909 bits per heavy atom. The molecule has 1 nitrogen and oxygen atoms in total. The van der Waals surface area contributed by atoms with Gasteiger partial charge in [0.05, 0.1) is 6.61 Å². The van der Waals surface area contributed by atoms with E-state index in [1.807, 2.05) is 0 Å². The minimum atomic E-state index is 0.135. The summed E-state index contributed by atoms with van der Waals surface area (Å²) in [7, 11) is 0. The summed E-state index contributed by atoms with van der Waals surface area (Å²) < 4.78 is 0. The van der Waals surface area contributed by atoms with Crippen molar-refractivity contribution in [3.05, 3.63) is 35.5 Å². The molecular weight excluding hydrogens is 268 g/mol. The van der Waals surface area contributed by atoms with E-state index in [0.29, 0.717) is 29.6 Å². The molecule has 0 aromatic carbocycles. The van der Waals surface area contributed by atoms with E-state index in [0.717, 1.165) is 5.57 Å². The molecule has 1 unspecified atom stereocenters. The van der Waals surface area contributed by atoms with Crippen LogP contribution in [0.3, 0.4) is 0 Å². The third-order valence-electron chi connectivity index (χ3n) is 4.33. The Bertz CT molecular complexity index is 394. The number of aliphatic hydroxyl groups is 1. The predicted molar refractivity (Wildman–Crippen MR) is 99.9 cm³/mol. The summed E-state index contributed by atoms with van der Waals surface area (Å²) >= 11 is 0. The van der Waals surface area contributed by atoms with Gasteiger partial charge in [0.1, 0.15) is 0 Å². The highest BCUT2D eigenvalue weighted by Crippen LogP contribution is 2.31. The van der Waals surface area contributed by atoms with Crippen molar-refractivity contribution in [2.75, 3.05) is 6.61 Å². The molecule has 0 saturated heterocycles. The van der Waals surface area contributed by atoms with Crippen LogP contribution in [0.15, 0.2) is 35.5 Å². The van der Waals surface area contributed by atoms with E-state index in [4.69, 9.17) is 0 Å². The molecule has 0 rings (SSSR count). The van der Waals surface area contributed by atoms with E-state index in [2.05, 4.69) is 74.1 Å². The number of allylic oxidation sites excluding steroid dienone is 4. The van der Waals surface area contributed by atoms with E-state index in [9.17, 15) is 5.11 Å². The molecule has 1 heteroatoms. The Kier molecular flexibility index (Phi) is 9.67. The highest BCUT2D eigenvalue weighted by molar-refractivity contribution is 5.34. The van der Waals surface area contributed by atoms with Gasteiger partial charge in [0.2, 0.25) is 0 Å². The second-order valence-electron chi connectivity index (χ2n) is 7.89. The van der Waals surface area contributed by atoms with Gasteiger partial charge in [-0.1, -0.05) is 79.7 Å². The van der Waals surface area contributed by atoms with Crippen LogP contribution < -0.4 is 0 Å². The number of aliphatic hydroxyl groups excluding tert-OH is 1. The molecule has 0 aromatic rings. The normalized spacial score (nSPS) is 15.3. The topological polar surface area (TPSA) is 20.2 Å². The molecule has 0 fully saturated rings. The molecule has 0 bridgehead atoms. The van der Waals surface area contributed by atoms with Crippen LogP contribution in [-0.2, 0) is 0 Å². The van der Waals surface area contributed by atoms with Crippen LogP contribution >= 0.6 is 0 Å². The maximum Gasteiger partial charge on any atom is 0.0647 e. The minimum absolute atomic E-state index is 0.135. The molecule has 1 atom stereocenters. The Morgan fingerprint density at radius 3 is 1.77 bits per heavy atom. The molecule has 1 N–H and O–H groups in total. The van der Waals surface area contributed by atoms with Gasteiger partial charge in [0, 0.05) is 0 Å². The highest BCUT2D eigenvalue weighted by Gasteiger charge is 2.20. The van der Waals surface area contributed by atoms with Gasteiger partial charge >= 0.3 is 0 Å². The lowest BCUT2D eigenvalue weighted by Gasteiger charge is -2.26. The van der Waals surface area contributed by atoms with Crippen LogP contribution in [0.1, 0.15) is 61.8 Å². The van der Waals surface area contributed by atoms with E-state index < -0.39 is 0 Å². The minimum Gasteiger partial charge on any atom is -0.392 e. The Labute approximate surface area is 139 Å². The summed E-state index contributed by atoms with van der Waals surface area (Å²) in [5.41, 5.74) is 3.61. The lowest BCUT2D eigenvalue weighted by atomic mass is 9.79. The van der Waals surface area contributed by atoms with Crippen molar-refractivity contribution in [2.45, 2.75) is 61.8 Å². The molecule has 128 valence electrons. The van der Waals surface area contributed by atoms with Crippen LogP contribution in [0, 0.1) is 29.6 Å². The zero-order valence-corrected chi connectivity index (χ0v) is 16.1. The van der Waals surface area contributed by atoms with Crippen LogP contribution in [0.4, 0.5) is 0 Å². The van der Waals surface area contributed by atoms with E-state index in [-0.39, 0.29) is 6.61 Å². The molecule has 0 saturated carbocycles. The maximum absolute atomic E-state index is 9.67. The van der Waals surface area contributed by atoms with E-state index >= 15 is 0 Å². The first kappa shape index (κ1) is 21.2. The smallest absolute Gasteiger partial charge is 0.0647 e. The Morgan fingerprint density at radius 2 is 1.45 bits per heavy atom. The van der Waals surface area contributed by atoms with Gasteiger partial charge in [0.25, 0.3) is 0 Å². The summed E-state index contributed by atoms with van der Waals surface area (Å²) in [6, 6.07) is 0. The lowest BCUT2D eigenvalue weighted by Crippen LogP contribution is -2.15. The predicted octanol–water partition coefficient (Wildman–Crippen LogP) is 6.02. The monoisotopic (exact) mass is 306 g/mol. The number of hydrogen-bond donors (Lipinski definition) is 1. The molecule has 0 amide bonds. The van der Waals surface area contributed by atoms with Gasteiger partial charge in [-0.05, 0) is 47.2 Å². The van der Waals surface area contributed by atoms with Crippen molar-refractivity contribution in [1.82, 2.24) is 0 Å². The van der Waals surface area contributed by atoms with Crippen molar-refractivity contribution < 1.29 is 5.11 Å². The average Bonchev–Trinajstić information content (AvgIpc) is 2.39. The molecule has 0 heterocycles. The van der Waals surface area contributed by atoms with Gasteiger partial charge in [-0.15, -0.1) is 0 Å². The molecular formula is C21H38O. The molecule has 22 heavy (non-hydrogen) atoms. The summed E-state index contributed by atoms with van der Waals surface area (Å²) in [4.78, 5) is 0. The standard InChI is InChI=1S/C21H38O/c1-14(2)10-21(17(7)8)19(11-18(9)15(3)4)12-20(13-22)16(5)6/h11-12,14-17,21-22H,9-10,13H2,1-8H3/b19-11+,20-12+. The van der Waals surface area contributed by atoms with Gasteiger partial charge < -0.3 is 5.11 Å². The van der Waals surface area contributed by atoms with Crippen molar-refractivity contribution in [1.29, 1.82) is 0 Å². The third-order valence-corrected chi connectivity index (χ3v) is 4.33. The SMILES string of the molecule is C=C(/C=C(\C=C(/CO)C(C)C)C(CC(C)C)C(C)C)C(C)C. The largest absolute Gasteiger partial charge is 0.392 e. The van der Waals surface area contributed by atoms with Crippen molar-refractivity contribution in [2.24, 2.45) is 29.6 Å². The van der Waals surface area contributed by atoms with Crippen molar-refractivity contribution in [3.8, 4) is 0 Å². The van der Waals surface area contributed by atoms with Gasteiger partial charge in [-0.2, -0.15) is 0 Å². The Balaban J connectivity index is 5.81. The highest BCUT2D eigenvalue weighted by atomic mass is 16.3. The van der Waals surface area contributed by atoms with Crippen molar-refractivity contribution >= 4 is 0 Å². The van der Waals surface area contributed by atoms with Gasteiger partial charge in [-0.25, -0.2) is 0 Å². The Hall–Kier alpha value is -0.820. The fraction of sp³-hybridized carbons (Fsp3) is 0.714. The average molecular weight is 307 g/mol. The maximum atomic E-state index is 9.67. The molecule has 0 spiro atoms. The van der Waals surface area contributed by atoms with Crippen LogP contribution in [0.2, 0.25) is 0 Å². The van der Waals surface area contributed by atoms with Gasteiger partial charge in [0.15, 0.2) is 0 Å². The molecule has 0 aromatic heterocycles. The number of hydrogen-bond acceptors (Lipinski definition) is 1. The van der Waals surface area contributed by atoms with Crippen LogP contribution in [-0.4, -0.2) is 11.7 Å². The quantitative estimate of drug-likeness (QED) is 0.516. The molecule has 0 aliphatic carbocycles. The second-order valence-corrected chi connectivity index (χ2v) is 7.89. The first-order valence-electron chi connectivity index (χ1n) is 8.81. The fourth-order valence-electron chi connectivity index (χ4n) is 2.55. The lowest BCUT2D eigenvalue weighted by molar-refractivity contribution is 0.317. The zero-order valence-electron chi connectivity index (χ0n) is 16.1. The first-order valence-corrected chi connectivity index (χ1v) is 8.81. The summed E-state index contributed by atoms with van der Waals surface area (Å²) in [5, 5.41) is 9.67. The van der Waals surface area contributed by atoms with Gasteiger partial charge in [-0.3, -0.25) is 0 Å².